The molecule has 4 nitrogen and oxygen atoms in total. The van der Waals surface area contributed by atoms with E-state index in [4.69, 9.17) is 0 Å². The van der Waals surface area contributed by atoms with Crippen molar-refractivity contribution in [1.29, 1.82) is 0 Å². The molecule has 2 N–H and O–H groups in total. The Balaban J connectivity index is 0.00000264. The van der Waals surface area contributed by atoms with Crippen LogP contribution in [0.3, 0.4) is 0 Å². The van der Waals surface area contributed by atoms with E-state index in [-0.39, 0.29) is 37.3 Å². The summed E-state index contributed by atoms with van der Waals surface area (Å²) >= 11 is 0. The average Bonchev–Trinajstić information content (AvgIpc) is 2.52. The predicted octanol–water partition coefficient (Wildman–Crippen LogP) is 3.32. The quantitative estimate of drug-likeness (QED) is 0.786. The smallest absolute Gasteiger partial charge is 0.239 e. The van der Waals surface area contributed by atoms with E-state index in [1.807, 2.05) is 56.6 Å². The topological polar surface area (TPSA) is 44.4 Å². The van der Waals surface area contributed by atoms with Crippen molar-refractivity contribution in [3.05, 3.63) is 65.7 Å². The van der Waals surface area contributed by atoms with Crippen LogP contribution in [0.1, 0.15) is 11.1 Å². The van der Waals surface area contributed by atoms with Crippen molar-refractivity contribution >= 4 is 36.4 Å². The lowest BCUT2D eigenvalue weighted by Crippen LogP contribution is -2.30. The minimum absolute atomic E-state index is 0. The minimum Gasteiger partial charge on any atom is -0.376 e. The fraction of sp³-hybridized carbons (Fsp3) is 0.278. The third-order valence-electron chi connectivity index (χ3n) is 3.31. The van der Waals surface area contributed by atoms with Crippen LogP contribution in [0.4, 0.5) is 5.69 Å². The molecule has 0 aromatic heterocycles. The third kappa shape index (κ3) is 7.68. The molecule has 1 amide bonds. The summed E-state index contributed by atoms with van der Waals surface area (Å²) < 4.78 is 0. The van der Waals surface area contributed by atoms with E-state index < -0.39 is 0 Å². The van der Waals surface area contributed by atoms with Crippen LogP contribution in [0, 0.1) is 0 Å². The summed E-state index contributed by atoms with van der Waals surface area (Å²) in [6.45, 7) is 1.70. The number of amides is 1. The first-order valence-corrected chi connectivity index (χ1v) is 7.42. The summed E-state index contributed by atoms with van der Waals surface area (Å²) in [6.07, 6.45) is 0. The average molecular weight is 370 g/mol. The second-order valence-corrected chi connectivity index (χ2v) is 5.50. The molecular weight excluding hydrogens is 345 g/mol. The number of nitrogens with one attached hydrogen (secondary N) is 2. The molecule has 2 rings (SSSR count). The maximum absolute atomic E-state index is 11.9. The fourth-order valence-corrected chi connectivity index (χ4v) is 2.22. The van der Waals surface area contributed by atoms with Crippen LogP contribution in [-0.2, 0) is 17.9 Å². The highest BCUT2D eigenvalue weighted by Gasteiger charge is 2.05. The van der Waals surface area contributed by atoms with Gasteiger partial charge in [0.15, 0.2) is 0 Å². The number of para-hydroxylation sites is 1. The van der Waals surface area contributed by atoms with E-state index in [1.54, 1.807) is 0 Å². The lowest BCUT2D eigenvalue weighted by molar-refractivity contribution is -0.119. The van der Waals surface area contributed by atoms with Gasteiger partial charge in [-0.3, -0.25) is 4.79 Å². The second-order valence-electron chi connectivity index (χ2n) is 5.50. The van der Waals surface area contributed by atoms with Crippen molar-refractivity contribution in [2.24, 2.45) is 0 Å². The molecule has 6 heteroatoms. The molecule has 0 saturated carbocycles. The van der Waals surface area contributed by atoms with E-state index >= 15 is 0 Å². The van der Waals surface area contributed by atoms with Crippen LogP contribution in [0.2, 0.25) is 0 Å². The number of halogens is 2. The second kappa shape index (κ2) is 11.7. The number of nitrogens with zero attached hydrogens (tertiary/aromatic N) is 1. The third-order valence-corrected chi connectivity index (χ3v) is 3.31. The molecule has 0 atom stereocenters. The van der Waals surface area contributed by atoms with E-state index in [9.17, 15) is 4.79 Å². The van der Waals surface area contributed by atoms with Gasteiger partial charge in [-0.1, -0.05) is 42.5 Å². The van der Waals surface area contributed by atoms with Crippen LogP contribution in [0.15, 0.2) is 54.6 Å². The summed E-state index contributed by atoms with van der Waals surface area (Å²) in [7, 11) is 4.08. The van der Waals surface area contributed by atoms with E-state index in [0.717, 1.165) is 17.8 Å². The van der Waals surface area contributed by atoms with Gasteiger partial charge in [0.25, 0.3) is 0 Å². The van der Waals surface area contributed by atoms with Crippen LogP contribution in [0.5, 0.6) is 0 Å². The van der Waals surface area contributed by atoms with Gasteiger partial charge >= 0.3 is 0 Å². The Bertz CT molecular complexity index is 606. The Hall–Kier alpha value is -1.75. The molecule has 0 bridgehead atoms. The van der Waals surface area contributed by atoms with Gasteiger partial charge in [-0.05, 0) is 37.4 Å². The van der Waals surface area contributed by atoms with Gasteiger partial charge < -0.3 is 15.5 Å². The SMILES string of the molecule is CN(C)Cc1ccccc1CNC(=O)CNc1ccccc1.Cl.Cl. The van der Waals surface area contributed by atoms with E-state index in [0.29, 0.717) is 6.54 Å². The van der Waals surface area contributed by atoms with Crippen LogP contribution < -0.4 is 10.6 Å². The summed E-state index contributed by atoms with van der Waals surface area (Å²) in [5.74, 6) is -0.0106. The van der Waals surface area contributed by atoms with Crippen molar-refractivity contribution in [2.75, 3.05) is 26.0 Å². The van der Waals surface area contributed by atoms with Gasteiger partial charge in [-0.15, -0.1) is 24.8 Å². The lowest BCUT2D eigenvalue weighted by Gasteiger charge is -2.15. The van der Waals surface area contributed by atoms with Crippen molar-refractivity contribution in [2.45, 2.75) is 13.1 Å². The minimum atomic E-state index is -0.0106. The number of benzene rings is 2. The zero-order valence-corrected chi connectivity index (χ0v) is 15.6. The largest absolute Gasteiger partial charge is 0.376 e. The first-order valence-electron chi connectivity index (χ1n) is 7.42. The van der Waals surface area contributed by atoms with Gasteiger partial charge in [0, 0.05) is 18.8 Å². The zero-order chi connectivity index (χ0) is 15.8. The summed E-state index contributed by atoms with van der Waals surface area (Å²) in [6, 6.07) is 17.9. The van der Waals surface area contributed by atoms with E-state index in [2.05, 4.69) is 27.7 Å². The molecule has 24 heavy (non-hydrogen) atoms. The maximum atomic E-state index is 11.9. The number of hydrogen-bond donors (Lipinski definition) is 2. The van der Waals surface area contributed by atoms with Crippen molar-refractivity contribution < 1.29 is 4.79 Å². The van der Waals surface area contributed by atoms with Crippen LogP contribution >= 0.6 is 24.8 Å². The number of hydrogen-bond acceptors (Lipinski definition) is 3. The molecule has 0 aliphatic carbocycles. The van der Waals surface area contributed by atoms with Crippen molar-refractivity contribution in [3.63, 3.8) is 0 Å². The molecule has 0 aliphatic rings. The summed E-state index contributed by atoms with van der Waals surface area (Å²) in [4.78, 5) is 14.1. The highest BCUT2D eigenvalue weighted by atomic mass is 35.5. The Labute approximate surface area is 156 Å². The lowest BCUT2D eigenvalue weighted by atomic mass is 10.1. The Morgan fingerprint density at radius 3 is 2.12 bits per heavy atom. The van der Waals surface area contributed by atoms with Crippen molar-refractivity contribution in [3.8, 4) is 0 Å². The normalized spacial score (nSPS) is 9.62. The Kier molecular flexibility index (Phi) is 10.9. The molecule has 0 heterocycles. The Morgan fingerprint density at radius 1 is 0.917 bits per heavy atom. The number of anilines is 1. The molecule has 0 aliphatic heterocycles. The van der Waals surface area contributed by atoms with Gasteiger partial charge in [-0.25, -0.2) is 0 Å². The Morgan fingerprint density at radius 2 is 1.50 bits per heavy atom. The van der Waals surface area contributed by atoms with E-state index in [1.165, 1.54) is 5.56 Å². The molecule has 0 fully saturated rings. The molecule has 0 spiro atoms. The monoisotopic (exact) mass is 369 g/mol. The molecular formula is C18H25Cl2N3O. The summed E-state index contributed by atoms with van der Waals surface area (Å²) in [5.41, 5.74) is 3.35. The number of carbonyl (C=O) groups is 1. The van der Waals surface area contributed by atoms with Crippen LogP contribution in [-0.4, -0.2) is 31.4 Å². The molecule has 2 aromatic carbocycles. The predicted molar refractivity (Wildman–Crippen MR) is 105 cm³/mol. The van der Waals surface area contributed by atoms with Gasteiger partial charge in [0.2, 0.25) is 5.91 Å². The fourth-order valence-electron chi connectivity index (χ4n) is 2.22. The number of carbonyl (C=O) groups excluding carboxylic acids is 1. The van der Waals surface area contributed by atoms with Gasteiger partial charge in [0.05, 0.1) is 6.54 Å². The molecule has 132 valence electrons. The zero-order valence-electron chi connectivity index (χ0n) is 14.0. The van der Waals surface area contributed by atoms with Crippen LogP contribution in [0.25, 0.3) is 0 Å². The highest BCUT2D eigenvalue weighted by Crippen LogP contribution is 2.10. The molecule has 0 unspecified atom stereocenters. The standard InChI is InChI=1S/C18H23N3O.2ClH/c1-21(2)14-16-9-7-6-8-15(16)12-20-18(22)13-19-17-10-4-3-5-11-17;;/h3-11,19H,12-14H2,1-2H3,(H,20,22);2*1H. The first-order chi connectivity index (χ1) is 10.6. The number of rotatable bonds is 7. The maximum Gasteiger partial charge on any atom is 0.239 e. The highest BCUT2D eigenvalue weighted by molar-refractivity contribution is 5.85. The summed E-state index contributed by atoms with van der Waals surface area (Å²) in [5, 5.41) is 6.07. The molecule has 0 saturated heterocycles. The van der Waals surface area contributed by atoms with Gasteiger partial charge in [0.1, 0.15) is 0 Å². The molecule has 2 aromatic rings. The van der Waals surface area contributed by atoms with Gasteiger partial charge in [-0.2, -0.15) is 0 Å². The first kappa shape index (κ1) is 22.2. The molecule has 0 radical (unpaired) electrons. The van der Waals surface area contributed by atoms with Crippen molar-refractivity contribution in [1.82, 2.24) is 10.2 Å².